The molecule has 0 fully saturated rings. The summed E-state index contributed by atoms with van der Waals surface area (Å²) in [6.07, 6.45) is 4.65. The van der Waals surface area contributed by atoms with Gasteiger partial charge < -0.3 is 4.74 Å². The van der Waals surface area contributed by atoms with E-state index in [9.17, 15) is 0 Å². The second-order valence-electron chi connectivity index (χ2n) is 6.12. The minimum atomic E-state index is 0.234. The molecule has 24 heavy (non-hydrogen) atoms. The Labute approximate surface area is 143 Å². The number of rotatable bonds is 3. The summed E-state index contributed by atoms with van der Waals surface area (Å²) in [7, 11) is 1.74. The van der Waals surface area contributed by atoms with Gasteiger partial charge in [-0.05, 0) is 22.8 Å². The van der Waals surface area contributed by atoms with E-state index < -0.39 is 0 Å². The van der Waals surface area contributed by atoms with Crippen LogP contribution >= 0.6 is 0 Å². The van der Waals surface area contributed by atoms with Gasteiger partial charge in [0.05, 0.1) is 7.11 Å². The topological polar surface area (TPSA) is 9.23 Å². The molecule has 0 heterocycles. The maximum Gasteiger partial charge on any atom is 0.122 e. The first-order valence-corrected chi connectivity index (χ1v) is 8.33. The summed E-state index contributed by atoms with van der Waals surface area (Å²) >= 11 is 0. The van der Waals surface area contributed by atoms with Crippen molar-refractivity contribution in [1.82, 2.24) is 0 Å². The van der Waals surface area contributed by atoms with Gasteiger partial charge >= 0.3 is 0 Å². The molecule has 1 heteroatoms. The summed E-state index contributed by atoms with van der Waals surface area (Å²) < 4.78 is 5.59. The second-order valence-corrected chi connectivity index (χ2v) is 6.12. The Balaban J connectivity index is 1.83. The molecule has 0 spiro atoms. The molecule has 0 saturated heterocycles. The molecule has 0 bridgehead atoms. The molecule has 2 atom stereocenters. The van der Waals surface area contributed by atoms with Gasteiger partial charge in [-0.2, -0.15) is 0 Å². The summed E-state index contributed by atoms with van der Waals surface area (Å²) in [6.45, 7) is 0. The van der Waals surface area contributed by atoms with Gasteiger partial charge in [-0.25, -0.2) is 0 Å². The van der Waals surface area contributed by atoms with Crippen LogP contribution in [0, 0.1) is 0 Å². The number of hydrogen-bond acceptors (Lipinski definition) is 1. The van der Waals surface area contributed by atoms with Crippen LogP contribution in [0.25, 0.3) is 0 Å². The van der Waals surface area contributed by atoms with Gasteiger partial charge in [0.15, 0.2) is 0 Å². The lowest BCUT2D eigenvalue weighted by molar-refractivity contribution is 0.409. The minimum Gasteiger partial charge on any atom is -0.496 e. The van der Waals surface area contributed by atoms with E-state index in [0.29, 0.717) is 5.92 Å². The normalized spacial score (nSPS) is 18.9. The maximum atomic E-state index is 5.59. The Hall–Kier alpha value is -2.80. The van der Waals surface area contributed by atoms with E-state index in [1.54, 1.807) is 7.11 Å². The molecule has 0 aromatic heterocycles. The first-order chi connectivity index (χ1) is 11.9. The van der Waals surface area contributed by atoms with E-state index in [1.807, 2.05) is 12.1 Å². The standard InChI is InChI=1S/C23H20O/c1-24-23-14-8-7-13-22(23)21-16-15-18(17-9-3-2-4-10-17)19-11-5-6-12-20(19)21/h2-16,18,21H,1H3. The number of benzene rings is 3. The number of fused-ring (bicyclic) bond motifs is 1. The highest BCUT2D eigenvalue weighted by Crippen LogP contribution is 2.42. The Morgan fingerprint density at radius 1 is 0.583 bits per heavy atom. The van der Waals surface area contributed by atoms with Gasteiger partial charge in [0.1, 0.15) is 5.75 Å². The number of allylic oxidation sites excluding steroid dienone is 2. The van der Waals surface area contributed by atoms with Crippen molar-refractivity contribution < 1.29 is 4.74 Å². The fourth-order valence-electron chi connectivity index (χ4n) is 3.65. The van der Waals surface area contributed by atoms with Crippen LogP contribution in [0.4, 0.5) is 0 Å². The van der Waals surface area contributed by atoms with Crippen LogP contribution in [-0.2, 0) is 0 Å². The maximum absolute atomic E-state index is 5.59. The average Bonchev–Trinajstić information content (AvgIpc) is 2.68. The summed E-state index contributed by atoms with van der Waals surface area (Å²) in [5.41, 5.74) is 5.29. The predicted octanol–water partition coefficient (Wildman–Crippen LogP) is 5.53. The summed E-state index contributed by atoms with van der Waals surface area (Å²) in [4.78, 5) is 0. The molecule has 0 amide bonds. The zero-order chi connectivity index (χ0) is 16.4. The Morgan fingerprint density at radius 3 is 1.83 bits per heavy atom. The SMILES string of the molecule is COc1ccccc1C1C=CC(c2ccccc2)c2ccccc21. The lowest BCUT2D eigenvalue weighted by Crippen LogP contribution is -2.12. The van der Waals surface area contributed by atoms with Gasteiger partial charge in [0.2, 0.25) is 0 Å². The van der Waals surface area contributed by atoms with Crippen molar-refractivity contribution >= 4 is 0 Å². The van der Waals surface area contributed by atoms with Crippen molar-refractivity contribution in [3.63, 3.8) is 0 Å². The summed E-state index contributed by atoms with van der Waals surface area (Å²) in [5.74, 6) is 1.49. The zero-order valence-electron chi connectivity index (χ0n) is 13.7. The first-order valence-electron chi connectivity index (χ1n) is 8.33. The van der Waals surface area contributed by atoms with Gasteiger partial charge in [0, 0.05) is 17.4 Å². The molecule has 0 N–H and O–H groups in total. The smallest absolute Gasteiger partial charge is 0.122 e. The lowest BCUT2D eigenvalue weighted by Gasteiger charge is -2.28. The van der Waals surface area contributed by atoms with Crippen molar-refractivity contribution in [3.8, 4) is 5.75 Å². The van der Waals surface area contributed by atoms with Crippen LogP contribution in [0.2, 0.25) is 0 Å². The quantitative estimate of drug-likeness (QED) is 0.578. The van der Waals surface area contributed by atoms with Crippen LogP contribution in [0.15, 0.2) is 91.0 Å². The third-order valence-corrected chi connectivity index (χ3v) is 4.79. The molecular weight excluding hydrogens is 292 g/mol. The fourth-order valence-corrected chi connectivity index (χ4v) is 3.65. The largest absolute Gasteiger partial charge is 0.496 e. The molecule has 1 aliphatic carbocycles. The molecular formula is C23H20O. The van der Waals surface area contributed by atoms with Crippen molar-refractivity contribution in [1.29, 1.82) is 0 Å². The Bertz CT molecular complexity index is 864. The molecule has 3 aromatic rings. The van der Waals surface area contributed by atoms with Crippen molar-refractivity contribution in [2.75, 3.05) is 7.11 Å². The molecule has 2 unspecified atom stereocenters. The molecule has 4 rings (SSSR count). The fraction of sp³-hybridized carbons (Fsp3) is 0.130. The highest BCUT2D eigenvalue weighted by Gasteiger charge is 2.26. The predicted molar refractivity (Wildman–Crippen MR) is 98.7 cm³/mol. The van der Waals surface area contributed by atoms with Crippen molar-refractivity contribution in [2.24, 2.45) is 0 Å². The monoisotopic (exact) mass is 312 g/mol. The zero-order valence-corrected chi connectivity index (χ0v) is 13.7. The molecule has 1 aliphatic rings. The number of hydrogen-bond donors (Lipinski definition) is 0. The van der Waals surface area contributed by atoms with Crippen molar-refractivity contribution in [3.05, 3.63) is 113 Å². The molecule has 3 aromatic carbocycles. The van der Waals surface area contributed by atoms with E-state index in [4.69, 9.17) is 4.74 Å². The van der Waals surface area contributed by atoms with Crippen LogP contribution < -0.4 is 4.74 Å². The number of ether oxygens (including phenoxy) is 1. The van der Waals surface area contributed by atoms with Gasteiger partial charge in [-0.15, -0.1) is 0 Å². The third kappa shape index (κ3) is 2.52. The molecule has 1 nitrogen and oxygen atoms in total. The molecule has 0 saturated carbocycles. The van der Waals surface area contributed by atoms with Crippen LogP contribution in [0.3, 0.4) is 0 Å². The third-order valence-electron chi connectivity index (χ3n) is 4.79. The van der Waals surface area contributed by atoms with Gasteiger partial charge in [-0.3, -0.25) is 0 Å². The highest BCUT2D eigenvalue weighted by atomic mass is 16.5. The average molecular weight is 312 g/mol. The number of para-hydroxylation sites is 1. The lowest BCUT2D eigenvalue weighted by atomic mass is 9.76. The van der Waals surface area contributed by atoms with Gasteiger partial charge in [-0.1, -0.05) is 84.9 Å². The van der Waals surface area contributed by atoms with E-state index in [2.05, 4.69) is 78.9 Å². The van der Waals surface area contributed by atoms with E-state index in [1.165, 1.54) is 22.3 Å². The van der Waals surface area contributed by atoms with Crippen LogP contribution in [0.5, 0.6) is 5.75 Å². The Morgan fingerprint density at radius 2 is 1.12 bits per heavy atom. The second kappa shape index (κ2) is 6.37. The van der Waals surface area contributed by atoms with E-state index in [-0.39, 0.29) is 5.92 Å². The van der Waals surface area contributed by atoms with Crippen LogP contribution in [0.1, 0.15) is 34.1 Å². The summed E-state index contributed by atoms with van der Waals surface area (Å²) in [6, 6.07) is 27.7. The highest BCUT2D eigenvalue weighted by molar-refractivity contribution is 5.54. The van der Waals surface area contributed by atoms with Gasteiger partial charge in [0.25, 0.3) is 0 Å². The molecule has 118 valence electrons. The number of methoxy groups -OCH3 is 1. The minimum absolute atomic E-state index is 0.234. The molecule has 0 radical (unpaired) electrons. The van der Waals surface area contributed by atoms with E-state index >= 15 is 0 Å². The van der Waals surface area contributed by atoms with E-state index in [0.717, 1.165) is 5.75 Å². The van der Waals surface area contributed by atoms with Crippen molar-refractivity contribution in [2.45, 2.75) is 11.8 Å². The molecule has 0 aliphatic heterocycles. The first kappa shape index (κ1) is 14.8. The van der Waals surface area contributed by atoms with Crippen LogP contribution in [-0.4, -0.2) is 7.11 Å². The Kier molecular flexibility index (Phi) is 3.92. The summed E-state index contributed by atoms with van der Waals surface area (Å²) in [5, 5.41) is 0.